The Morgan fingerprint density at radius 3 is 3.00 bits per heavy atom. The van der Waals surface area contributed by atoms with Crippen LogP contribution in [0.3, 0.4) is 0 Å². The van der Waals surface area contributed by atoms with Gasteiger partial charge in [0.15, 0.2) is 5.82 Å². The summed E-state index contributed by atoms with van der Waals surface area (Å²) in [6.45, 7) is 5.06. The standard InChI is InChI=1S/C13H18FN3O2/c1-2-16-7-3-4-10(9-16)15-13-6-5-11(17(18)19)8-12(13)14/h5-6,8,10,15H,2-4,7,9H2,1H3. The zero-order valence-electron chi connectivity index (χ0n) is 10.9. The van der Waals surface area contributed by atoms with E-state index in [0.29, 0.717) is 5.69 Å². The van der Waals surface area contributed by atoms with E-state index < -0.39 is 10.7 Å². The number of likely N-dealkylation sites (tertiary alicyclic amines) is 1. The van der Waals surface area contributed by atoms with E-state index in [9.17, 15) is 14.5 Å². The minimum absolute atomic E-state index is 0.199. The number of non-ortho nitro benzene ring substituents is 1. The number of piperidine rings is 1. The quantitative estimate of drug-likeness (QED) is 0.673. The number of nitro groups is 1. The van der Waals surface area contributed by atoms with Gasteiger partial charge in [0.05, 0.1) is 16.7 Å². The molecule has 1 aliphatic heterocycles. The van der Waals surface area contributed by atoms with Crippen LogP contribution in [0.15, 0.2) is 18.2 Å². The van der Waals surface area contributed by atoms with Gasteiger partial charge >= 0.3 is 0 Å². The highest BCUT2D eigenvalue weighted by molar-refractivity contribution is 5.50. The van der Waals surface area contributed by atoms with Crippen molar-refractivity contribution < 1.29 is 9.31 Å². The summed E-state index contributed by atoms with van der Waals surface area (Å²) in [7, 11) is 0. The number of hydrogen-bond donors (Lipinski definition) is 1. The summed E-state index contributed by atoms with van der Waals surface area (Å²) in [6.07, 6.45) is 2.08. The predicted molar refractivity (Wildman–Crippen MR) is 71.8 cm³/mol. The van der Waals surface area contributed by atoms with Crippen LogP contribution >= 0.6 is 0 Å². The molecule has 2 rings (SSSR count). The van der Waals surface area contributed by atoms with E-state index in [2.05, 4.69) is 17.1 Å². The first-order valence-corrected chi connectivity index (χ1v) is 6.53. The smallest absolute Gasteiger partial charge is 0.272 e. The summed E-state index contributed by atoms with van der Waals surface area (Å²) in [6, 6.07) is 3.93. The molecule has 1 heterocycles. The summed E-state index contributed by atoms with van der Waals surface area (Å²) < 4.78 is 13.8. The van der Waals surface area contributed by atoms with Crippen LogP contribution in [0.5, 0.6) is 0 Å². The van der Waals surface area contributed by atoms with Crippen molar-refractivity contribution in [1.82, 2.24) is 4.90 Å². The maximum absolute atomic E-state index is 13.8. The van der Waals surface area contributed by atoms with Gasteiger partial charge in [0, 0.05) is 18.7 Å². The molecule has 1 aromatic rings. The molecular formula is C13H18FN3O2. The second-order valence-corrected chi connectivity index (χ2v) is 4.80. The molecule has 1 N–H and O–H groups in total. The molecule has 0 aromatic heterocycles. The van der Waals surface area contributed by atoms with Crippen LogP contribution in [0.2, 0.25) is 0 Å². The molecule has 1 atom stereocenters. The Balaban J connectivity index is 2.04. The highest BCUT2D eigenvalue weighted by atomic mass is 19.1. The van der Waals surface area contributed by atoms with Gasteiger partial charge in [-0.25, -0.2) is 4.39 Å². The highest BCUT2D eigenvalue weighted by Crippen LogP contribution is 2.23. The number of halogens is 1. The Bertz CT molecular complexity index is 467. The second-order valence-electron chi connectivity index (χ2n) is 4.80. The van der Waals surface area contributed by atoms with Crippen LogP contribution in [0.25, 0.3) is 0 Å². The van der Waals surface area contributed by atoms with Crippen molar-refractivity contribution in [2.75, 3.05) is 25.0 Å². The molecule has 1 aliphatic rings. The van der Waals surface area contributed by atoms with Crippen molar-refractivity contribution in [1.29, 1.82) is 0 Å². The van der Waals surface area contributed by atoms with Gasteiger partial charge in [-0.1, -0.05) is 6.92 Å². The van der Waals surface area contributed by atoms with E-state index in [0.717, 1.165) is 38.5 Å². The number of anilines is 1. The first-order valence-electron chi connectivity index (χ1n) is 6.53. The number of rotatable bonds is 4. The zero-order valence-corrected chi connectivity index (χ0v) is 10.9. The minimum Gasteiger partial charge on any atom is -0.379 e. The Morgan fingerprint density at radius 1 is 1.58 bits per heavy atom. The Hall–Kier alpha value is -1.69. The van der Waals surface area contributed by atoms with Crippen LogP contribution in [-0.2, 0) is 0 Å². The van der Waals surface area contributed by atoms with Crippen molar-refractivity contribution in [2.45, 2.75) is 25.8 Å². The first kappa shape index (κ1) is 13.7. The van der Waals surface area contributed by atoms with Gasteiger partial charge in [0.2, 0.25) is 0 Å². The maximum Gasteiger partial charge on any atom is 0.272 e. The lowest BCUT2D eigenvalue weighted by Crippen LogP contribution is -2.41. The van der Waals surface area contributed by atoms with Gasteiger partial charge < -0.3 is 10.2 Å². The van der Waals surface area contributed by atoms with Gasteiger partial charge in [0.25, 0.3) is 5.69 Å². The molecule has 104 valence electrons. The summed E-state index contributed by atoms with van der Waals surface area (Å²) >= 11 is 0. The van der Waals surface area contributed by atoms with E-state index in [1.54, 1.807) is 0 Å². The number of hydrogen-bond acceptors (Lipinski definition) is 4. The van der Waals surface area contributed by atoms with Gasteiger partial charge in [-0.05, 0) is 32.0 Å². The third-order valence-corrected chi connectivity index (χ3v) is 3.48. The molecule has 1 aromatic carbocycles. The van der Waals surface area contributed by atoms with Crippen LogP contribution in [0, 0.1) is 15.9 Å². The number of nitrogens with one attached hydrogen (secondary N) is 1. The SMILES string of the molecule is CCN1CCCC(Nc2ccc([N+](=O)[O-])cc2F)C1. The van der Waals surface area contributed by atoms with Gasteiger partial charge in [-0.2, -0.15) is 0 Å². The predicted octanol–water partition coefficient (Wildman–Crippen LogP) is 2.63. The van der Waals surface area contributed by atoms with Crippen molar-refractivity contribution in [3.05, 3.63) is 34.1 Å². The average Bonchev–Trinajstić information content (AvgIpc) is 2.41. The Kier molecular flexibility index (Phi) is 4.31. The van der Waals surface area contributed by atoms with Crippen molar-refractivity contribution in [3.63, 3.8) is 0 Å². The molecular weight excluding hydrogens is 249 g/mol. The molecule has 1 unspecified atom stereocenters. The summed E-state index contributed by atoms with van der Waals surface area (Å²) in [5.74, 6) is -0.567. The molecule has 0 spiro atoms. The highest BCUT2D eigenvalue weighted by Gasteiger charge is 2.20. The number of likely N-dealkylation sites (N-methyl/N-ethyl adjacent to an activating group) is 1. The Morgan fingerprint density at radius 2 is 2.37 bits per heavy atom. The molecule has 6 heteroatoms. The van der Waals surface area contributed by atoms with Crippen molar-refractivity contribution >= 4 is 11.4 Å². The van der Waals surface area contributed by atoms with E-state index >= 15 is 0 Å². The van der Waals surface area contributed by atoms with Crippen LogP contribution in [0.4, 0.5) is 15.8 Å². The van der Waals surface area contributed by atoms with E-state index in [-0.39, 0.29) is 11.7 Å². The molecule has 0 radical (unpaired) electrons. The lowest BCUT2D eigenvalue weighted by molar-refractivity contribution is -0.385. The molecule has 5 nitrogen and oxygen atoms in total. The van der Waals surface area contributed by atoms with E-state index in [1.165, 1.54) is 12.1 Å². The molecule has 1 fully saturated rings. The monoisotopic (exact) mass is 267 g/mol. The molecule has 0 bridgehead atoms. The number of nitro benzene ring substituents is 1. The molecule has 0 aliphatic carbocycles. The Labute approximate surface area is 111 Å². The third-order valence-electron chi connectivity index (χ3n) is 3.48. The third kappa shape index (κ3) is 3.41. The van der Waals surface area contributed by atoms with Crippen molar-refractivity contribution in [2.24, 2.45) is 0 Å². The van der Waals surface area contributed by atoms with E-state index in [1.807, 2.05) is 0 Å². The lowest BCUT2D eigenvalue weighted by atomic mass is 10.1. The first-order chi connectivity index (χ1) is 9.10. The summed E-state index contributed by atoms with van der Waals surface area (Å²) in [5.41, 5.74) is 0.121. The normalized spacial score (nSPS) is 20.2. The molecule has 0 saturated carbocycles. The summed E-state index contributed by atoms with van der Waals surface area (Å²) in [5, 5.41) is 13.7. The summed E-state index contributed by atoms with van der Waals surface area (Å²) in [4.78, 5) is 12.3. The largest absolute Gasteiger partial charge is 0.379 e. The maximum atomic E-state index is 13.8. The van der Waals surface area contributed by atoms with Gasteiger partial charge in [-0.3, -0.25) is 10.1 Å². The fourth-order valence-electron chi connectivity index (χ4n) is 2.42. The minimum atomic E-state index is -0.591. The van der Waals surface area contributed by atoms with E-state index in [4.69, 9.17) is 0 Å². The van der Waals surface area contributed by atoms with Crippen LogP contribution in [-0.4, -0.2) is 35.5 Å². The second kappa shape index (κ2) is 5.97. The number of benzene rings is 1. The number of nitrogens with zero attached hydrogens (tertiary/aromatic N) is 2. The zero-order chi connectivity index (χ0) is 13.8. The van der Waals surface area contributed by atoms with Crippen LogP contribution < -0.4 is 5.32 Å². The average molecular weight is 267 g/mol. The molecule has 19 heavy (non-hydrogen) atoms. The fourth-order valence-corrected chi connectivity index (χ4v) is 2.42. The molecule has 0 amide bonds. The van der Waals surface area contributed by atoms with Crippen LogP contribution in [0.1, 0.15) is 19.8 Å². The van der Waals surface area contributed by atoms with Gasteiger partial charge in [-0.15, -0.1) is 0 Å². The molecule has 1 saturated heterocycles. The topological polar surface area (TPSA) is 58.4 Å². The van der Waals surface area contributed by atoms with Crippen molar-refractivity contribution in [3.8, 4) is 0 Å². The van der Waals surface area contributed by atoms with Gasteiger partial charge in [0.1, 0.15) is 0 Å². The fraction of sp³-hybridized carbons (Fsp3) is 0.538. The lowest BCUT2D eigenvalue weighted by Gasteiger charge is -2.32.